The number of benzene rings is 2. The summed E-state index contributed by atoms with van der Waals surface area (Å²) in [5.74, 6) is -3.74. The summed E-state index contributed by atoms with van der Waals surface area (Å²) in [6, 6.07) is 9.15. The molecule has 328 valence electrons. The van der Waals surface area contributed by atoms with Crippen LogP contribution in [0.3, 0.4) is 0 Å². The van der Waals surface area contributed by atoms with Crippen molar-refractivity contribution in [3.8, 4) is 0 Å². The van der Waals surface area contributed by atoms with Crippen molar-refractivity contribution in [3.05, 3.63) is 72.1 Å². The third-order valence-electron chi connectivity index (χ3n) is 11.4. The number of carbonyl (C=O) groups excluding carboxylic acids is 6. The van der Waals surface area contributed by atoms with Gasteiger partial charge in [-0.05, 0) is 79.9 Å². The van der Waals surface area contributed by atoms with Gasteiger partial charge in [0, 0.05) is 43.0 Å². The molecular weight excluding hydrogens is 779 g/mol. The second-order valence-electron chi connectivity index (χ2n) is 16.6. The molecule has 1 aromatic heterocycles. The standard InChI is InChI=1S/C44H61N11O6/c1-26(2)22-35(43(61)55-21-9-15-36(55)38(46)56)53-40(58)33(14-8-20-50-44(47)48)51-42(60)37(28-10-4-3-5-11-28)54-41(59)34(23-27-16-18-30(45)19-17-27)52-39(57)32-25-49-24-29-12-6-7-13-31(29)32/h6-7,12-13,16-19,24-26,28,33-37H,3-5,8-11,14-15,20-23,45H2,1-2H3,(H2,46,56)(H,51,60)(H,52,57)(H,53,58)(H,54,59)(H4,47,48,50)/t33-,34-,35-,36-,37-/m0/s1. The lowest BCUT2D eigenvalue weighted by Crippen LogP contribution is -2.60. The van der Waals surface area contributed by atoms with Crippen LogP contribution in [0.25, 0.3) is 10.8 Å². The van der Waals surface area contributed by atoms with Gasteiger partial charge in [0.1, 0.15) is 30.2 Å². The second-order valence-corrected chi connectivity index (χ2v) is 16.6. The summed E-state index contributed by atoms with van der Waals surface area (Å²) in [5, 5.41) is 13.1. The number of likely N-dealkylation sites (tertiary alicyclic amines) is 1. The van der Waals surface area contributed by atoms with Crippen LogP contribution in [0.1, 0.15) is 94.0 Å². The monoisotopic (exact) mass is 839 g/mol. The molecule has 6 amide bonds. The Bertz CT molecular complexity index is 2040. The van der Waals surface area contributed by atoms with Crippen molar-refractivity contribution in [2.75, 3.05) is 18.8 Å². The summed E-state index contributed by atoms with van der Waals surface area (Å²) in [6.45, 7) is 4.33. The van der Waals surface area contributed by atoms with Crippen LogP contribution in [-0.4, -0.2) is 94.6 Å². The fraction of sp³-hybridized carbons (Fsp3) is 0.500. The van der Waals surface area contributed by atoms with E-state index in [1.165, 1.54) is 11.1 Å². The summed E-state index contributed by atoms with van der Waals surface area (Å²) in [4.78, 5) is 92.9. The molecule has 1 aliphatic heterocycles. The quantitative estimate of drug-likeness (QED) is 0.0375. The number of nitrogen functional groups attached to an aromatic ring is 1. The van der Waals surface area contributed by atoms with Crippen LogP contribution in [-0.2, 0) is 30.4 Å². The molecule has 1 saturated carbocycles. The van der Waals surface area contributed by atoms with Crippen LogP contribution < -0.4 is 44.2 Å². The third-order valence-corrected chi connectivity index (χ3v) is 11.4. The summed E-state index contributed by atoms with van der Waals surface area (Å²) in [6.07, 6.45) is 8.87. The van der Waals surface area contributed by atoms with Gasteiger partial charge >= 0.3 is 0 Å². The Morgan fingerprint density at radius 3 is 2.16 bits per heavy atom. The number of pyridine rings is 1. The maximum absolute atomic E-state index is 14.6. The molecule has 2 aromatic carbocycles. The molecule has 1 aliphatic carbocycles. The summed E-state index contributed by atoms with van der Waals surface area (Å²) in [5.41, 5.74) is 24.2. The van der Waals surface area contributed by atoms with Crippen LogP contribution in [0, 0.1) is 11.8 Å². The number of aliphatic imine (C=N–C) groups is 1. The maximum Gasteiger partial charge on any atom is 0.254 e. The first kappa shape index (κ1) is 45.8. The number of primary amides is 1. The molecule has 3 aromatic rings. The molecule has 5 rings (SSSR count). The molecule has 0 unspecified atom stereocenters. The van der Waals surface area contributed by atoms with Gasteiger partial charge in [-0.3, -0.25) is 38.7 Å². The zero-order valence-electron chi connectivity index (χ0n) is 35.1. The minimum atomic E-state index is -1.15. The van der Waals surface area contributed by atoms with Crippen molar-refractivity contribution in [2.24, 2.45) is 34.0 Å². The molecule has 17 nitrogen and oxygen atoms in total. The molecule has 1 saturated heterocycles. The molecule has 17 heteroatoms. The lowest BCUT2D eigenvalue weighted by Gasteiger charge is -2.33. The van der Waals surface area contributed by atoms with E-state index in [-0.39, 0.29) is 49.2 Å². The molecule has 0 spiro atoms. The molecule has 2 heterocycles. The normalized spacial score (nSPS) is 17.4. The third kappa shape index (κ3) is 12.9. The van der Waals surface area contributed by atoms with Gasteiger partial charge in [0.2, 0.25) is 29.5 Å². The van der Waals surface area contributed by atoms with Crippen molar-refractivity contribution in [3.63, 3.8) is 0 Å². The number of hydrogen-bond acceptors (Lipinski definition) is 9. The highest BCUT2D eigenvalue weighted by atomic mass is 16.2. The van der Waals surface area contributed by atoms with E-state index in [0.717, 1.165) is 30.2 Å². The Labute approximate surface area is 356 Å². The lowest BCUT2D eigenvalue weighted by atomic mass is 9.83. The SMILES string of the molecule is CC(C)C[C@H](NC(=O)[C@H](CCCN=C(N)N)NC(=O)[C@@H](NC(=O)[C@H](Cc1ccc(N)cc1)NC(=O)c1cncc2ccccc12)C1CCCCC1)C(=O)N1CCC[C@H]1C(N)=O. The largest absolute Gasteiger partial charge is 0.399 e. The van der Waals surface area contributed by atoms with Gasteiger partial charge in [-0.2, -0.15) is 0 Å². The highest BCUT2D eigenvalue weighted by molar-refractivity contribution is 6.08. The highest BCUT2D eigenvalue weighted by Crippen LogP contribution is 2.27. The molecular formula is C44H61N11O6. The van der Waals surface area contributed by atoms with Gasteiger partial charge in [0.25, 0.3) is 5.91 Å². The number of guanidine groups is 1. The number of fused-ring (bicyclic) bond motifs is 1. The Kier molecular flexibility index (Phi) is 16.4. The summed E-state index contributed by atoms with van der Waals surface area (Å²) >= 11 is 0. The van der Waals surface area contributed by atoms with Gasteiger partial charge in [-0.15, -0.1) is 0 Å². The van der Waals surface area contributed by atoms with Gasteiger partial charge in [0.15, 0.2) is 5.96 Å². The van der Waals surface area contributed by atoms with Gasteiger partial charge in [-0.25, -0.2) is 0 Å². The van der Waals surface area contributed by atoms with E-state index < -0.39 is 65.7 Å². The minimum absolute atomic E-state index is 0.0109. The van der Waals surface area contributed by atoms with E-state index in [4.69, 9.17) is 22.9 Å². The van der Waals surface area contributed by atoms with E-state index in [1.807, 2.05) is 32.0 Å². The predicted molar refractivity (Wildman–Crippen MR) is 233 cm³/mol. The number of nitrogens with two attached hydrogens (primary N) is 4. The first-order chi connectivity index (χ1) is 29.2. The Morgan fingerprint density at radius 1 is 0.787 bits per heavy atom. The number of aromatic nitrogens is 1. The molecule has 5 atom stereocenters. The van der Waals surface area contributed by atoms with Crippen LogP contribution in [0.5, 0.6) is 0 Å². The van der Waals surface area contributed by atoms with E-state index >= 15 is 0 Å². The van der Waals surface area contributed by atoms with Crippen LogP contribution in [0.15, 0.2) is 65.9 Å². The fourth-order valence-corrected chi connectivity index (χ4v) is 8.28. The molecule has 0 bridgehead atoms. The Morgan fingerprint density at radius 2 is 1.48 bits per heavy atom. The zero-order valence-corrected chi connectivity index (χ0v) is 35.1. The van der Waals surface area contributed by atoms with Gasteiger partial charge in [0.05, 0.1) is 5.56 Å². The first-order valence-electron chi connectivity index (χ1n) is 21.3. The predicted octanol–water partition coefficient (Wildman–Crippen LogP) is 1.77. The van der Waals surface area contributed by atoms with Crippen molar-refractivity contribution < 1.29 is 28.8 Å². The Hall–Kier alpha value is -6.26. The molecule has 0 radical (unpaired) electrons. The maximum atomic E-state index is 14.6. The van der Waals surface area contributed by atoms with Crippen LogP contribution in [0.2, 0.25) is 0 Å². The second kappa shape index (κ2) is 21.8. The highest BCUT2D eigenvalue weighted by Gasteiger charge is 2.39. The van der Waals surface area contributed by atoms with Crippen LogP contribution >= 0.6 is 0 Å². The number of anilines is 1. The van der Waals surface area contributed by atoms with E-state index in [9.17, 15) is 28.8 Å². The number of hydrogen-bond donors (Lipinski definition) is 8. The number of amides is 6. The average Bonchev–Trinajstić information content (AvgIpc) is 3.74. The zero-order chi connectivity index (χ0) is 44.1. The number of rotatable bonds is 19. The van der Waals surface area contributed by atoms with Crippen LogP contribution in [0.4, 0.5) is 5.69 Å². The average molecular weight is 840 g/mol. The molecule has 61 heavy (non-hydrogen) atoms. The van der Waals surface area contributed by atoms with E-state index in [0.29, 0.717) is 49.7 Å². The van der Waals surface area contributed by atoms with Crippen molar-refractivity contribution in [1.82, 2.24) is 31.2 Å². The number of nitrogens with one attached hydrogen (secondary N) is 4. The van der Waals surface area contributed by atoms with Crippen molar-refractivity contribution in [1.29, 1.82) is 0 Å². The lowest BCUT2D eigenvalue weighted by molar-refractivity contribution is -0.141. The molecule has 2 fully saturated rings. The Balaban J connectivity index is 1.41. The van der Waals surface area contributed by atoms with Crippen molar-refractivity contribution >= 4 is 57.9 Å². The van der Waals surface area contributed by atoms with E-state index in [2.05, 4.69) is 31.2 Å². The summed E-state index contributed by atoms with van der Waals surface area (Å²) < 4.78 is 0. The summed E-state index contributed by atoms with van der Waals surface area (Å²) in [7, 11) is 0. The first-order valence-corrected chi connectivity index (χ1v) is 21.3. The minimum Gasteiger partial charge on any atom is -0.399 e. The number of nitrogens with zero attached hydrogens (tertiary/aromatic N) is 3. The van der Waals surface area contributed by atoms with E-state index in [1.54, 1.807) is 36.5 Å². The van der Waals surface area contributed by atoms with Crippen molar-refractivity contribution in [2.45, 2.75) is 115 Å². The van der Waals surface area contributed by atoms with Gasteiger partial charge in [-0.1, -0.05) is 69.5 Å². The molecule has 12 N–H and O–H groups in total. The number of carbonyl (C=O) groups is 6. The molecule has 2 aliphatic rings. The smallest absolute Gasteiger partial charge is 0.254 e. The topological polar surface area (TPSA) is 283 Å². The fourth-order valence-electron chi connectivity index (χ4n) is 8.28. The van der Waals surface area contributed by atoms with Gasteiger partial charge < -0.3 is 49.1 Å².